The highest BCUT2D eigenvalue weighted by Gasteiger charge is 2.22. The van der Waals surface area contributed by atoms with E-state index in [1.807, 2.05) is 0 Å². The molecule has 4 heteroatoms. The first-order valence-electron chi connectivity index (χ1n) is 8.52. The van der Waals surface area contributed by atoms with Crippen molar-refractivity contribution in [1.82, 2.24) is 5.43 Å². The minimum atomic E-state index is 0.308. The standard InChI is InChI=1S/C19H23N3S/c1-14-11-19(23-13-14)18-12-17(20-21-18)15-5-7-16(8-6-15)22-9-3-2-4-10-22/h5-8,11,13,17,20H,2-4,9-10,12H2,1H3. The number of hydrogen-bond acceptors (Lipinski definition) is 4. The SMILES string of the molecule is Cc1csc(C2=NNC(c3ccc(N4CCCCC4)cc3)C2)c1. The zero-order chi connectivity index (χ0) is 15.6. The largest absolute Gasteiger partial charge is 0.372 e. The quantitative estimate of drug-likeness (QED) is 0.900. The highest BCUT2D eigenvalue weighted by molar-refractivity contribution is 7.12. The summed E-state index contributed by atoms with van der Waals surface area (Å²) in [5, 5.41) is 6.75. The Hall–Kier alpha value is -1.81. The number of piperidine rings is 1. The van der Waals surface area contributed by atoms with Gasteiger partial charge in [-0.3, -0.25) is 0 Å². The molecule has 3 heterocycles. The normalized spacial score (nSPS) is 21.2. The first-order chi connectivity index (χ1) is 11.3. The van der Waals surface area contributed by atoms with Crippen LogP contribution in [0.1, 0.15) is 47.7 Å². The molecule has 1 saturated heterocycles. The van der Waals surface area contributed by atoms with Crippen molar-refractivity contribution in [3.63, 3.8) is 0 Å². The molecule has 3 nitrogen and oxygen atoms in total. The Morgan fingerprint density at radius 1 is 1.13 bits per heavy atom. The zero-order valence-corrected chi connectivity index (χ0v) is 14.4. The van der Waals surface area contributed by atoms with E-state index in [9.17, 15) is 0 Å². The number of hydrogen-bond donors (Lipinski definition) is 1. The molecule has 1 aromatic carbocycles. The highest BCUT2D eigenvalue weighted by Crippen LogP contribution is 2.29. The van der Waals surface area contributed by atoms with Crippen LogP contribution in [-0.2, 0) is 0 Å². The summed E-state index contributed by atoms with van der Waals surface area (Å²) in [6.07, 6.45) is 5.00. The molecule has 0 bridgehead atoms. The lowest BCUT2D eigenvalue weighted by atomic mass is 10.0. The summed E-state index contributed by atoms with van der Waals surface area (Å²) in [6, 6.07) is 11.6. The maximum absolute atomic E-state index is 4.56. The lowest BCUT2D eigenvalue weighted by molar-refractivity contribution is 0.577. The van der Waals surface area contributed by atoms with Crippen LogP contribution in [0.15, 0.2) is 40.8 Å². The summed E-state index contributed by atoms with van der Waals surface area (Å²) < 4.78 is 0. The van der Waals surface area contributed by atoms with E-state index in [-0.39, 0.29) is 0 Å². The van der Waals surface area contributed by atoms with Crippen LogP contribution in [0, 0.1) is 6.92 Å². The van der Waals surface area contributed by atoms with Crippen LogP contribution in [0.5, 0.6) is 0 Å². The van der Waals surface area contributed by atoms with Crippen LogP contribution in [0.2, 0.25) is 0 Å². The van der Waals surface area contributed by atoms with Gasteiger partial charge in [0.25, 0.3) is 0 Å². The Bertz CT molecular complexity index is 696. The van der Waals surface area contributed by atoms with Gasteiger partial charge in [-0.25, -0.2) is 0 Å². The summed E-state index contributed by atoms with van der Waals surface area (Å²) in [6.45, 7) is 4.54. The summed E-state index contributed by atoms with van der Waals surface area (Å²) in [5.74, 6) is 0. The van der Waals surface area contributed by atoms with E-state index in [0.717, 1.165) is 6.42 Å². The first kappa shape index (κ1) is 14.8. The molecule has 0 aliphatic carbocycles. The van der Waals surface area contributed by atoms with Crippen LogP contribution in [0.4, 0.5) is 5.69 Å². The Kier molecular flexibility index (Phi) is 4.08. The van der Waals surface area contributed by atoms with Crippen molar-refractivity contribution in [1.29, 1.82) is 0 Å². The van der Waals surface area contributed by atoms with E-state index in [2.05, 4.69) is 58.1 Å². The van der Waals surface area contributed by atoms with Gasteiger partial charge in [-0.2, -0.15) is 5.10 Å². The molecule has 0 amide bonds. The lowest BCUT2D eigenvalue weighted by Gasteiger charge is -2.29. The average molecular weight is 325 g/mol. The molecule has 0 radical (unpaired) electrons. The molecule has 1 N–H and O–H groups in total. The van der Waals surface area contributed by atoms with Gasteiger partial charge in [0, 0.05) is 25.2 Å². The predicted molar refractivity (Wildman–Crippen MR) is 98.6 cm³/mol. The molecule has 120 valence electrons. The fourth-order valence-electron chi connectivity index (χ4n) is 3.44. The molecule has 1 aromatic heterocycles. The smallest absolute Gasteiger partial charge is 0.0799 e. The van der Waals surface area contributed by atoms with Crippen LogP contribution in [-0.4, -0.2) is 18.8 Å². The monoisotopic (exact) mass is 325 g/mol. The van der Waals surface area contributed by atoms with Gasteiger partial charge < -0.3 is 10.3 Å². The molecule has 1 unspecified atom stereocenters. The summed E-state index contributed by atoms with van der Waals surface area (Å²) in [5.41, 5.74) is 8.51. The molecule has 0 spiro atoms. The lowest BCUT2D eigenvalue weighted by Crippen LogP contribution is -2.29. The van der Waals surface area contributed by atoms with Crippen molar-refractivity contribution >= 4 is 22.7 Å². The van der Waals surface area contributed by atoms with Crippen LogP contribution in [0.25, 0.3) is 0 Å². The third kappa shape index (κ3) is 3.13. The third-order valence-corrected chi connectivity index (χ3v) is 5.88. The van der Waals surface area contributed by atoms with Gasteiger partial charge in [0.15, 0.2) is 0 Å². The molecule has 4 rings (SSSR count). The fourth-order valence-corrected chi connectivity index (χ4v) is 4.34. The highest BCUT2D eigenvalue weighted by atomic mass is 32.1. The molecule has 1 atom stereocenters. The van der Waals surface area contributed by atoms with Crippen molar-refractivity contribution < 1.29 is 0 Å². The number of hydrazone groups is 1. The second-order valence-electron chi connectivity index (χ2n) is 6.57. The molecule has 0 saturated carbocycles. The summed E-state index contributed by atoms with van der Waals surface area (Å²) >= 11 is 1.79. The Morgan fingerprint density at radius 3 is 2.61 bits per heavy atom. The molecule has 2 aliphatic rings. The van der Waals surface area contributed by atoms with E-state index in [1.165, 1.54) is 59.8 Å². The van der Waals surface area contributed by atoms with Crippen molar-refractivity contribution in [3.05, 3.63) is 51.7 Å². The minimum absolute atomic E-state index is 0.308. The van der Waals surface area contributed by atoms with E-state index >= 15 is 0 Å². The van der Waals surface area contributed by atoms with Gasteiger partial charge >= 0.3 is 0 Å². The molecule has 23 heavy (non-hydrogen) atoms. The van der Waals surface area contributed by atoms with Crippen LogP contribution < -0.4 is 10.3 Å². The molecular weight excluding hydrogens is 302 g/mol. The van der Waals surface area contributed by atoms with Gasteiger partial charge in [-0.05, 0) is 60.9 Å². The van der Waals surface area contributed by atoms with Gasteiger partial charge in [0.05, 0.1) is 16.6 Å². The third-order valence-electron chi connectivity index (χ3n) is 4.78. The first-order valence-corrected chi connectivity index (χ1v) is 9.40. The Morgan fingerprint density at radius 2 is 1.91 bits per heavy atom. The minimum Gasteiger partial charge on any atom is -0.372 e. The summed E-state index contributed by atoms with van der Waals surface area (Å²) in [7, 11) is 0. The van der Waals surface area contributed by atoms with Gasteiger partial charge in [-0.1, -0.05) is 12.1 Å². The number of thiophene rings is 1. The van der Waals surface area contributed by atoms with Crippen molar-refractivity contribution in [2.75, 3.05) is 18.0 Å². The second-order valence-corrected chi connectivity index (χ2v) is 7.48. The predicted octanol–water partition coefficient (Wildman–Crippen LogP) is 4.49. The van der Waals surface area contributed by atoms with Crippen molar-refractivity contribution in [2.24, 2.45) is 5.10 Å². The molecule has 2 aromatic rings. The molecule has 1 fully saturated rings. The summed E-state index contributed by atoms with van der Waals surface area (Å²) in [4.78, 5) is 3.80. The van der Waals surface area contributed by atoms with Gasteiger partial charge in [0.1, 0.15) is 0 Å². The number of benzene rings is 1. The fraction of sp³-hybridized carbons (Fsp3) is 0.421. The zero-order valence-electron chi connectivity index (χ0n) is 13.6. The van der Waals surface area contributed by atoms with E-state index in [4.69, 9.17) is 0 Å². The number of nitrogens with zero attached hydrogens (tertiary/aromatic N) is 2. The number of rotatable bonds is 3. The topological polar surface area (TPSA) is 27.6 Å². The second kappa shape index (κ2) is 6.36. The van der Waals surface area contributed by atoms with Crippen LogP contribution >= 0.6 is 11.3 Å². The maximum atomic E-state index is 4.56. The molecular formula is C19H23N3S. The van der Waals surface area contributed by atoms with Gasteiger partial charge in [0.2, 0.25) is 0 Å². The Balaban J connectivity index is 1.43. The number of anilines is 1. The van der Waals surface area contributed by atoms with Crippen LogP contribution in [0.3, 0.4) is 0 Å². The van der Waals surface area contributed by atoms with E-state index in [0.29, 0.717) is 6.04 Å². The maximum Gasteiger partial charge on any atom is 0.0799 e. The average Bonchev–Trinajstić information content (AvgIpc) is 3.25. The molecule has 2 aliphatic heterocycles. The van der Waals surface area contributed by atoms with E-state index in [1.54, 1.807) is 11.3 Å². The number of aryl methyl sites for hydroxylation is 1. The number of nitrogens with one attached hydrogen (secondary N) is 1. The van der Waals surface area contributed by atoms with Gasteiger partial charge in [-0.15, -0.1) is 11.3 Å². The van der Waals surface area contributed by atoms with Crippen molar-refractivity contribution in [3.8, 4) is 0 Å². The van der Waals surface area contributed by atoms with E-state index < -0.39 is 0 Å². The van der Waals surface area contributed by atoms with Crippen molar-refractivity contribution in [2.45, 2.75) is 38.6 Å². The Labute approximate surface area is 142 Å².